The van der Waals surface area contributed by atoms with Crippen molar-refractivity contribution in [2.45, 2.75) is 6.92 Å². The van der Waals surface area contributed by atoms with Gasteiger partial charge in [-0.05, 0) is 6.92 Å². The van der Waals surface area contributed by atoms with E-state index in [1.165, 1.54) is 6.20 Å². The number of anilines is 1. The van der Waals surface area contributed by atoms with Crippen molar-refractivity contribution in [2.75, 3.05) is 18.5 Å². The van der Waals surface area contributed by atoms with E-state index in [4.69, 9.17) is 10.00 Å². The van der Waals surface area contributed by atoms with Crippen LogP contribution in [0.2, 0.25) is 0 Å². The summed E-state index contributed by atoms with van der Waals surface area (Å²) >= 11 is 0. The summed E-state index contributed by atoms with van der Waals surface area (Å²) in [5, 5.41) is 11.5. The highest BCUT2D eigenvalue weighted by atomic mass is 16.5. The topological polar surface area (TPSA) is 87.9 Å². The van der Waals surface area contributed by atoms with Crippen LogP contribution < -0.4 is 5.32 Å². The lowest BCUT2D eigenvalue weighted by Crippen LogP contribution is -2.13. The van der Waals surface area contributed by atoms with Crippen LogP contribution in [0.1, 0.15) is 17.3 Å². The summed E-state index contributed by atoms with van der Waals surface area (Å²) in [6, 6.07) is 11.3. The van der Waals surface area contributed by atoms with E-state index >= 15 is 0 Å². The molecule has 2 rings (SSSR count). The van der Waals surface area contributed by atoms with Gasteiger partial charge in [-0.25, -0.2) is 14.8 Å². The van der Waals surface area contributed by atoms with Crippen LogP contribution in [0.25, 0.3) is 11.4 Å². The van der Waals surface area contributed by atoms with Crippen LogP contribution in [0.5, 0.6) is 0 Å². The number of nitriles is 1. The second-order valence-corrected chi connectivity index (χ2v) is 4.05. The van der Waals surface area contributed by atoms with Gasteiger partial charge in [-0.15, -0.1) is 0 Å². The molecule has 1 aromatic heterocycles. The fourth-order valence-electron chi connectivity index (χ4n) is 1.72. The molecule has 21 heavy (non-hydrogen) atoms. The standard InChI is InChI=1S/C15H14N4O2/c1-2-21-15(20)12-10-18-13(11-6-4-3-5-7-11)19-14(12)17-9-8-16/h3-7,10H,2,9H2,1H3,(H,17,18,19). The number of nitrogens with zero attached hydrogens (tertiary/aromatic N) is 3. The van der Waals surface area contributed by atoms with Crippen LogP contribution in [0, 0.1) is 11.3 Å². The lowest BCUT2D eigenvalue weighted by molar-refractivity contribution is 0.0526. The molecule has 6 heteroatoms. The highest BCUT2D eigenvalue weighted by Crippen LogP contribution is 2.19. The van der Waals surface area contributed by atoms with Crippen molar-refractivity contribution in [1.82, 2.24) is 9.97 Å². The Kier molecular flexibility index (Phi) is 4.83. The van der Waals surface area contributed by atoms with Gasteiger partial charge in [0, 0.05) is 11.8 Å². The third kappa shape index (κ3) is 3.54. The lowest BCUT2D eigenvalue weighted by atomic mass is 10.2. The zero-order valence-electron chi connectivity index (χ0n) is 11.5. The number of carbonyl (C=O) groups is 1. The quantitative estimate of drug-likeness (QED) is 0.668. The molecular formula is C15H14N4O2. The molecule has 0 saturated carbocycles. The van der Waals surface area contributed by atoms with Gasteiger partial charge in [-0.3, -0.25) is 0 Å². The Hall–Kier alpha value is -2.94. The number of hydrogen-bond donors (Lipinski definition) is 1. The van der Waals surface area contributed by atoms with Crippen LogP contribution >= 0.6 is 0 Å². The van der Waals surface area contributed by atoms with Gasteiger partial charge in [-0.1, -0.05) is 30.3 Å². The molecule has 0 aliphatic heterocycles. The zero-order chi connectivity index (χ0) is 15.1. The van der Waals surface area contributed by atoms with Gasteiger partial charge in [0.1, 0.15) is 17.9 Å². The zero-order valence-corrected chi connectivity index (χ0v) is 11.5. The first-order valence-electron chi connectivity index (χ1n) is 6.46. The van der Waals surface area contributed by atoms with Gasteiger partial charge >= 0.3 is 5.97 Å². The van der Waals surface area contributed by atoms with Crippen molar-refractivity contribution in [3.63, 3.8) is 0 Å². The van der Waals surface area contributed by atoms with E-state index in [1.54, 1.807) is 6.92 Å². The van der Waals surface area contributed by atoms with Crippen molar-refractivity contribution in [2.24, 2.45) is 0 Å². The average Bonchev–Trinajstić information content (AvgIpc) is 2.53. The second-order valence-electron chi connectivity index (χ2n) is 4.05. The molecule has 0 atom stereocenters. The number of nitrogens with one attached hydrogen (secondary N) is 1. The molecule has 0 aliphatic carbocycles. The van der Waals surface area contributed by atoms with Gasteiger partial charge in [0.25, 0.3) is 0 Å². The highest BCUT2D eigenvalue weighted by Gasteiger charge is 2.16. The Morgan fingerprint density at radius 1 is 1.38 bits per heavy atom. The fraction of sp³-hybridized carbons (Fsp3) is 0.200. The molecule has 1 heterocycles. The van der Waals surface area contributed by atoms with Crippen LogP contribution in [-0.2, 0) is 4.74 Å². The maximum absolute atomic E-state index is 11.9. The number of rotatable bonds is 5. The van der Waals surface area contributed by atoms with Gasteiger partial charge < -0.3 is 10.1 Å². The number of aromatic nitrogens is 2. The summed E-state index contributed by atoms with van der Waals surface area (Å²) in [4.78, 5) is 20.3. The second kappa shape index (κ2) is 7.01. The van der Waals surface area contributed by atoms with Gasteiger partial charge in [-0.2, -0.15) is 5.26 Å². The van der Waals surface area contributed by atoms with E-state index < -0.39 is 5.97 Å². The van der Waals surface area contributed by atoms with Crippen molar-refractivity contribution in [3.05, 3.63) is 42.1 Å². The molecular weight excluding hydrogens is 268 g/mol. The summed E-state index contributed by atoms with van der Waals surface area (Å²) in [7, 11) is 0. The highest BCUT2D eigenvalue weighted by molar-refractivity contribution is 5.94. The van der Waals surface area contributed by atoms with E-state index in [2.05, 4.69) is 15.3 Å². The largest absolute Gasteiger partial charge is 0.462 e. The summed E-state index contributed by atoms with van der Waals surface area (Å²) in [6.45, 7) is 2.02. The Morgan fingerprint density at radius 3 is 2.81 bits per heavy atom. The molecule has 2 aromatic rings. The first kappa shape index (κ1) is 14.5. The van der Waals surface area contributed by atoms with Crippen LogP contribution in [0.3, 0.4) is 0 Å². The van der Waals surface area contributed by atoms with E-state index in [9.17, 15) is 4.79 Å². The lowest BCUT2D eigenvalue weighted by Gasteiger charge is -2.09. The number of esters is 1. The van der Waals surface area contributed by atoms with Gasteiger partial charge in [0.2, 0.25) is 0 Å². The van der Waals surface area contributed by atoms with Crippen LogP contribution in [-0.4, -0.2) is 29.1 Å². The minimum atomic E-state index is -0.516. The van der Waals surface area contributed by atoms with Gasteiger partial charge in [0.05, 0.1) is 12.7 Å². The van der Waals surface area contributed by atoms with E-state index in [0.29, 0.717) is 11.6 Å². The number of carbonyl (C=O) groups excluding carboxylic acids is 1. The molecule has 0 spiro atoms. The predicted molar refractivity (Wildman–Crippen MR) is 77.5 cm³/mol. The monoisotopic (exact) mass is 282 g/mol. The molecule has 0 radical (unpaired) electrons. The SMILES string of the molecule is CCOC(=O)c1cnc(-c2ccccc2)nc1NCC#N. The summed E-state index contributed by atoms with van der Waals surface area (Å²) in [5.74, 6) is 0.255. The van der Waals surface area contributed by atoms with E-state index in [1.807, 2.05) is 36.4 Å². The maximum Gasteiger partial charge on any atom is 0.343 e. The molecule has 0 fully saturated rings. The number of ether oxygens (including phenoxy) is 1. The van der Waals surface area contributed by atoms with Crippen molar-refractivity contribution >= 4 is 11.8 Å². The Morgan fingerprint density at radius 2 is 2.14 bits per heavy atom. The van der Waals surface area contributed by atoms with E-state index in [0.717, 1.165) is 5.56 Å². The minimum absolute atomic E-state index is 0.0393. The molecule has 1 N–H and O–H groups in total. The Balaban J connectivity index is 2.40. The van der Waals surface area contributed by atoms with E-state index in [-0.39, 0.29) is 18.7 Å². The van der Waals surface area contributed by atoms with Crippen molar-refractivity contribution in [1.29, 1.82) is 5.26 Å². The smallest absolute Gasteiger partial charge is 0.343 e. The molecule has 1 aromatic carbocycles. The molecule has 0 unspecified atom stereocenters. The maximum atomic E-state index is 11.9. The molecule has 106 valence electrons. The first-order valence-corrected chi connectivity index (χ1v) is 6.46. The molecule has 0 saturated heterocycles. The third-order valence-corrected chi connectivity index (χ3v) is 2.65. The fourth-order valence-corrected chi connectivity index (χ4v) is 1.72. The van der Waals surface area contributed by atoms with Crippen LogP contribution in [0.15, 0.2) is 36.5 Å². The normalized spacial score (nSPS) is 9.71. The predicted octanol–water partition coefficient (Wildman–Crippen LogP) is 2.26. The van der Waals surface area contributed by atoms with Crippen molar-refractivity contribution < 1.29 is 9.53 Å². The Labute approximate surface area is 122 Å². The Bertz CT molecular complexity index is 665. The number of hydrogen-bond acceptors (Lipinski definition) is 6. The van der Waals surface area contributed by atoms with Crippen LogP contribution in [0.4, 0.5) is 5.82 Å². The molecule has 0 bridgehead atoms. The first-order chi connectivity index (χ1) is 10.3. The summed E-state index contributed by atoms with van der Waals surface area (Å²) < 4.78 is 4.95. The van der Waals surface area contributed by atoms with Gasteiger partial charge in [0.15, 0.2) is 5.82 Å². The van der Waals surface area contributed by atoms with Crippen molar-refractivity contribution in [3.8, 4) is 17.5 Å². The number of benzene rings is 1. The third-order valence-electron chi connectivity index (χ3n) is 2.65. The minimum Gasteiger partial charge on any atom is -0.462 e. The molecule has 0 aliphatic rings. The summed E-state index contributed by atoms with van der Waals surface area (Å²) in [5.41, 5.74) is 1.04. The average molecular weight is 282 g/mol. The molecule has 0 amide bonds. The molecule has 6 nitrogen and oxygen atoms in total. The summed E-state index contributed by atoms with van der Waals surface area (Å²) in [6.07, 6.45) is 1.41.